The van der Waals surface area contributed by atoms with E-state index in [1.807, 2.05) is 84.9 Å². The third-order valence-electron chi connectivity index (χ3n) is 7.66. The van der Waals surface area contributed by atoms with Gasteiger partial charge >= 0.3 is 0 Å². The Morgan fingerprint density at radius 1 is 0.786 bits per heavy atom. The number of para-hydroxylation sites is 1. The number of amides is 1. The molecular weight excluding hydrogens is 518 g/mol. The average molecular weight is 548 g/mol. The first-order valence-corrected chi connectivity index (χ1v) is 14.1. The molecular formula is C36H29N5O. The zero-order valence-electron chi connectivity index (χ0n) is 23.0. The number of carbonyl (C=O) groups excluding carboxylic acids is 1. The molecule has 204 valence electrons. The second kappa shape index (κ2) is 11.2. The van der Waals surface area contributed by atoms with Gasteiger partial charge in [0.1, 0.15) is 5.69 Å². The summed E-state index contributed by atoms with van der Waals surface area (Å²) in [7, 11) is 0. The van der Waals surface area contributed by atoms with Crippen molar-refractivity contribution in [3.63, 3.8) is 0 Å². The van der Waals surface area contributed by atoms with Crippen molar-refractivity contribution in [3.8, 4) is 33.9 Å². The molecule has 6 aromatic rings. The van der Waals surface area contributed by atoms with Gasteiger partial charge in [0.25, 0.3) is 5.91 Å². The van der Waals surface area contributed by atoms with Crippen molar-refractivity contribution in [2.45, 2.75) is 13.0 Å². The van der Waals surface area contributed by atoms with Crippen LogP contribution in [0, 0.1) is 0 Å². The smallest absolute Gasteiger partial charge is 0.256 e. The van der Waals surface area contributed by atoms with E-state index >= 15 is 0 Å². The number of benzene rings is 4. The molecule has 0 fully saturated rings. The molecule has 0 spiro atoms. The van der Waals surface area contributed by atoms with Gasteiger partial charge in [0.15, 0.2) is 5.82 Å². The first-order valence-electron chi connectivity index (χ1n) is 14.1. The molecule has 1 aliphatic rings. The van der Waals surface area contributed by atoms with E-state index in [-0.39, 0.29) is 5.91 Å². The molecule has 6 nitrogen and oxygen atoms in total. The van der Waals surface area contributed by atoms with Gasteiger partial charge in [0.05, 0.1) is 5.69 Å². The van der Waals surface area contributed by atoms with Crippen LogP contribution in [0.25, 0.3) is 33.9 Å². The van der Waals surface area contributed by atoms with Gasteiger partial charge in [0.2, 0.25) is 0 Å². The second-order valence-corrected chi connectivity index (χ2v) is 10.4. The summed E-state index contributed by atoms with van der Waals surface area (Å²) in [5.74, 6) is 0.676. The van der Waals surface area contributed by atoms with Crippen LogP contribution in [0.15, 0.2) is 128 Å². The van der Waals surface area contributed by atoms with Crippen molar-refractivity contribution < 1.29 is 4.79 Å². The van der Waals surface area contributed by atoms with Crippen LogP contribution in [0.5, 0.6) is 0 Å². The number of aromatic nitrogens is 3. The highest BCUT2D eigenvalue weighted by Gasteiger charge is 2.23. The molecule has 0 saturated carbocycles. The summed E-state index contributed by atoms with van der Waals surface area (Å²) >= 11 is 0. The van der Waals surface area contributed by atoms with Crippen LogP contribution in [-0.2, 0) is 13.0 Å². The summed E-state index contributed by atoms with van der Waals surface area (Å²) in [6.07, 6.45) is 2.64. The number of carbonyl (C=O) groups is 1. The van der Waals surface area contributed by atoms with E-state index in [2.05, 4.69) is 56.6 Å². The van der Waals surface area contributed by atoms with E-state index in [9.17, 15) is 4.79 Å². The third-order valence-corrected chi connectivity index (χ3v) is 7.66. The van der Waals surface area contributed by atoms with Crippen molar-refractivity contribution >= 4 is 17.3 Å². The van der Waals surface area contributed by atoms with Gasteiger partial charge in [-0.1, -0.05) is 84.9 Å². The molecule has 2 aromatic heterocycles. The number of fused-ring (bicyclic) bond motifs is 3. The molecule has 3 heterocycles. The van der Waals surface area contributed by atoms with Crippen molar-refractivity contribution in [2.75, 3.05) is 16.8 Å². The first kappa shape index (κ1) is 25.5. The van der Waals surface area contributed by atoms with Gasteiger partial charge in [-0.05, 0) is 53.1 Å². The largest absolute Gasteiger partial charge is 0.366 e. The van der Waals surface area contributed by atoms with Crippen LogP contribution in [0.3, 0.4) is 0 Å². The lowest BCUT2D eigenvalue weighted by molar-refractivity contribution is 0.102. The molecule has 1 amide bonds. The summed E-state index contributed by atoms with van der Waals surface area (Å²) in [5.41, 5.74) is 9.75. The topological polar surface area (TPSA) is 73.9 Å². The standard InChI is InChI=1S/C36H29N5O/c42-36(29-13-5-4-12-28(29)26-10-2-1-3-11-26)38-27-19-17-25(18-20-27)24-41-23-21-31-34(30-14-6-7-16-33(30)41)40-35(39-31)32-15-8-9-22-37-32/h1-20,22H,21,23-24H2,(H,38,42)(H,39,40). The molecule has 7 rings (SSSR count). The highest BCUT2D eigenvalue weighted by Crippen LogP contribution is 2.37. The number of H-pyrrole nitrogens is 1. The van der Waals surface area contributed by atoms with Gasteiger partial charge in [-0.3, -0.25) is 9.78 Å². The van der Waals surface area contributed by atoms with Gasteiger partial charge in [0, 0.05) is 53.9 Å². The second-order valence-electron chi connectivity index (χ2n) is 10.4. The number of hydrogen-bond acceptors (Lipinski definition) is 4. The molecule has 4 aromatic carbocycles. The highest BCUT2D eigenvalue weighted by atomic mass is 16.1. The summed E-state index contributed by atoms with van der Waals surface area (Å²) in [6, 6.07) is 40.1. The zero-order valence-corrected chi connectivity index (χ0v) is 23.0. The zero-order chi connectivity index (χ0) is 28.3. The number of nitrogens with zero attached hydrogens (tertiary/aromatic N) is 3. The summed E-state index contributed by atoms with van der Waals surface area (Å²) < 4.78 is 0. The van der Waals surface area contributed by atoms with Crippen molar-refractivity contribution in [1.82, 2.24) is 15.0 Å². The Labute approximate surface area is 244 Å². The van der Waals surface area contributed by atoms with E-state index in [1.165, 1.54) is 5.56 Å². The van der Waals surface area contributed by atoms with Crippen LogP contribution >= 0.6 is 0 Å². The van der Waals surface area contributed by atoms with E-state index in [0.717, 1.165) is 70.5 Å². The number of aromatic amines is 1. The number of imidazole rings is 1. The Hall–Kier alpha value is -5.49. The predicted molar refractivity (Wildman–Crippen MR) is 168 cm³/mol. The van der Waals surface area contributed by atoms with Crippen molar-refractivity contribution in [2.24, 2.45) is 0 Å². The van der Waals surface area contributed by atoms with E-state index in [1.54, 1.807) is 6.20 Å². The molecule has 0 aliphatic carbocycles. The minimum atomic E-state index is -0.123. The monoisotopic (exact) mass is 547 g/mol. The fourth-order valence-electron chi connectivity index (χ4n) is 5.58. The van der Waals surface area contributed by atoms with Gasteiger partial charge < -0.3 is 15.2 Å². The molecule has 0 atom stereocenters. The minimum absolute atomic E-state index is 0.123. The van der Waals surface area contributed by atoms with Crippen LogP contribution in [0.1, 0.15) is 21.6 Å². The highest BCUT2D eigenvalue weighted by molar-refractivity contribution is 6.08. The Balaban J connectivity index is 1.09. The number of rotatable bonds is 6. The SMILES string of the molecule is O=C(Nc1ccc(CN2CCc3[nH]c(-c4ccccn4)nc3-c3ccccc32)cc1)c1ccccc1-c1ccccc1. The fraction of sp³-hybridized carbons (Fsp3) is 0.0833. The molecule has 0 radical (unpaired) electrons. The lowest BCUT2D eigenvalue weighted by Gasteiger charge is -2.25. The molecule has 1 aliphatic heterocycles. The lowest BCUT2D eigenvalue weighted by atomic mass is 9.99. The number of anilines is 2. The van der Waals surface area contributed by atoms with Crippen molar-refractivity contribution in [3.05, 3.63) is 144 Å². The summed E-state index contributed by atoms with van der Waals surface area (Å²) in [5, 5.41) is 3.08. The van der Waals surface area contributed by atoms with Gasteiger partial charge in [-0.2, -0.15) is 0 Å². The number of pyridine rings is 1. The number of nitrogens with one attached hydrogen (secondary N) is 2. The van der Waals surface area contributed by atoms with Crippen LogP contribution in [0.4, 0.5) is 11.4 Å². The first-order chi connectivity index (χ1) is 20.7. The molecule has 42 heavy (non-hydrogen) atoms. The molecule has 0 bridgehead atoms. The maximum absolute atomic E-state index is 13.3. The molecule has 0 unspecified atom stereocenters. The maximum Gasteiger partial charge on any atom is 0.256 e. The minimum Gasteiger partial charge on any atom is -0.366 e. The molecule has 0 saturated heterocycles. The molecule has 2 N–H and O–H groups in total. The Bertz CT molecular complexity index is 1850. The predicted octanol–water partition coefficient (Wildman–Crippen LogP) is 7.62. The third kappa shape index (κ3) is 5.06. The summed E-state index contributed by atoms with van der Waals surface area (Å²) in [6.45, 7) is 1.60. The maximum atomic E-state index is 13.3. The average Bonchev–Trinajstić information content (AvgIpc) is 3.43. The van der Waals surface area contributed by atoms with Crippen molar-refractivity contribution in [1.29, 1.82) is 0 Å². The Kier molecular flexibility index (Phi) is 6.78. The van der Waals surface area contributed by atoms with E-state index < -0.39 is 0 Å². The van der Waals surface area contributed by atoms with E-state index in [4.69, 9.17) is 4.98 Å². The Morgan fingerprint density at radius 2 is 1.52 bits per heavy atom. The number of hydrogen-bond donors (Lipinski definition) is 2. The lowest BCUT2D eigenvalue weighted by Crippen LogP contribution is -2.24. The summed E-state index contributed by atoms with van der Waals surface area (Å²) in [4.78, 5) is 28.6. The van der Waals surface area contributed by atoms with Gasteiger partial charge in [-0.25, -0.2) is 4.98 Å². The van der Waals surface area contributed by atoms with Crippen LogP contribution in [0.2, 0.25) is 0 Å². The normalized spacial score (nSPS) is 12.2. The quantitative estimate of drug-likeness (QED) is 0.225. The van der Waals surface area contributed by atoms with Crippen LogP contribution in [-0.4, -0.2) is 27.4 Å². The van der Waals surface area contributed by atoms with Crippen LogP contribution < -0.4 is 10.2 Å². The van der Waals surface area contributed by atoms with E-state index in [0.29, 0.717) is 5.56 Å². The van der Waals surface area contributed by atoms with Gasteiger partial charge in [-0.15, -0.1) is 0 Å². The fourth-order valence-corrected chi connectivity index (χ4v) is 5.58. The Morgan fingerprint density at radius 3 is 2.33 bits per heavy atom. The molecule has 6 heteroatoms.